The third-order valence-corrected chi connectivity index (χ3v) is 3.58. The summed E-state index contributed by atoms with van der Waals surface area (Å²) < 4.78 is 5.63. The van der Waals surface area contributed by atoms with Gasteiger partial charge in [-0.1, -0.05) is 11.6 Å². The summed E-state index contributed by atoms with van der Waals surface area (Å²) in [4.78, 5) is 18.6. The van der Waals surface area contributed by atoms with Crippen molar-refractivity contribution in [3.63, 3.8) is 0 Å². The Morgan fingerprint density at radius 2 is 1.95 bits per heavy atom. The minimum Gasteiger partial charge on any atom is -0.441 e. The number of hydrogen-bond acceptors (Lipinski definition) is 3. The Labute approximate surface area is 130 Å². The molecule has 2 aromatic rings. The van der Waals surface area contributed by atoms with Crippen molar-refractivity contribution in [2.24, 2.45) is 0 Å². The maximum Gasteiger partial charge on any atom is 0.223 e. The number of aromatic nitrogens is 1. The third kappa shape index (κ3) is 3.76. The van der Waals surface area contributed by atoms with Crippen molar-refractivity contribution in [3.8, 4) is 0 Å². The monoisotopic (exact) mass is 308 g/mol. The number of nitrogens with zero attached hydrogens (tertiary/aromatic N) is 2. The van der Waals surface area contributed by atoms with Crippen LogP contribution < -0.4 is 0 Å². The molecule has 1 heterocycles. The molecule has 0 fully saturated rings. The topological polar surface area (TPSA) is 46.3 Å². The second-order valence-corrected chi connectivity index (χ2v) is 6.14. The number of carbonyl (C=O) groups excluding carboxylic acids is 1. The molecule has 0 aliphatic rings. The Hall–Kier alpha value is -1.55. The van der Waals surface area contributed by atoms with E-state index in [1.807, 2.05) is 32.6 Å². The lowest BCUT2D eigenvalue weighted by atomic mass is 10.2. The number of hydrogen-bond donors (Lipinski definition) is 0. The SMILES string of the molecule is CC(C)N(C(=O)CCc1nc2cc(Cl)ccc2o1)C(C)C. The van der Waals surface area contributed by atoms with Crippen LogP contribution in [0.2, 0.25) is 5.02 Å². The van der Waals surface area contributed by atoms with Crippen molar-refractivity contribution < 1.29 is 9.21 Å². The predicted octanol–water partition coefficient (Wildman–Crippen LogP) is 4.06. The highest BCUT2D eigenvalue weighted by Crippen LogP contribution is 2.21. The number of carbonyl (C=O) groups is 1. The van der Waals surface area contributed by atoms with E-state index in [0.29, 0.717) is 29.3 Å². The van der Waals surface area contributed by atoms with Gasteiger partial charge in [0.25, 0.3) is 0 Å². The Morgan fingerprint density at radius 3 is 2.57 bits per heavy atom. The van der Waals surface area contributed by atoms with Crippen molar-refractivity contribution >= 4 is 28.6 Å². The molecule has 1 amide bonds. The summed E-state index contributed by atoms with van der Waals surface area (Å²) in [5.74, 6) is 0.702. The molecule has 0 radical (unpaired) electrons. The zero-order valence-electron chi connectivity index (χ0n) is 12.9. The van der Waals surface area contributed by atoms with Crippen LogP contribution in [0.1, 0.15) is 40.0 Å². The van der Waals surface area contributed by atoms with Crippen molar-refractivity contribution in [2.45, 2.75) is 52.6 Å². The fraction of sp³-hybridized carbons (Fsp3) is 0.500. The largest absolute Gasteiger partial charge is 0.441 e. The molecule has 0 N–H and O–H groups in total. The highest BCUT2D eigenvalue weighted by molar-refractivity contribution is 6.31. The average molecular weight is 309 g/mol. The summed E-state index contributed by atoms with van der Waals surface area (Å²) in [6.45, 7) is 8.11. The quantitative estimate of drug-likeness (QED) is 0.837. The Kier molecular flexibility index (Phi) is 4.88. The van der Waals surface area contributed by atoms with Gasteiger partial charge in [0.1, 0.15) is 5.52 Å². The van der Waals surface area contributed by atoms with Gasteiger partial charge >= 0.3 is 0 Å². The Balaban J connectivity index is 2.05. The van der Waals surface area contributed by atoms with Crippen LogP contribution in [0.4, 0.5) is 0 Å². The fourth-order valence-corrected chi connectivity index (χ4v) is 2.74. The van der Waals surface area contributed by atoms with Crippen molar-refractivity contribution in [2.75, 3.05) is 0 Å². The summed E-state index contributed by atoms with van der Waals surface area (Å²) in [6, 6.07) is 5.72. The summed E-state index contributed by atoms with van der Waals surface area (Å²) in [7, 11) is 0. The van der Waals surface area contributed by atoms with Crippen LogP contribution in [0.5, 0.6) is 0 Å². The van der Waals surface area contributed by atoms with Gasteiger partial charge in [-0.15, -0.1) is 0 Å². The first kappa shape index (κ1) is 15.8. The minimum atomic E-state index is 0.125. The Morgan fingerprint density at radius 1 is 1.29 bits per heavy atom. The van der Waals surface area contributed by atoms with Crippen LogP contribution >= 0.6 is 11.6 Å². The molecule has 4 nitrogen and oxygen atoms in total. The van der Waals surface area contributed by atoms with E-state index < -0.39 is 0 Å². The number of oxazole rings is 1. The Bertz CT molecular complexity index is 626. The standard InChI is InChI=1S/C16H21ClN2O2/c1-10(2)19(11(3)4)16(20)8-7-15-18-13-9-12(17)5-6-14(13)21-15/h5-6,9-11H,7-8H2,1-4H3. The smallest absolute Gasteiger partial charge is 0.223 e. The molecule has 0 aliphatic carbocycles. The van der Waals surface area contributed by atoms with E-state index in [4.69, 9.17) is 16.0 Å². The van der Waals surface area contributed by atoms with Crippen molar-refractivity contribution in [1.82, 2.24) is 9.88 Å². The van der Waals surface area contributed by atoms with Crippen LogP contribution in [0.15, 0.2) is 22.6 Å². The van der Waals surface area contributed by atoms with E-state index in [2.05, 4.69) is 4.98 Å². The van der Waals surface area contributed by atoms with E-state index in [1.54, 1.807) is 18.2 Å². The van der Waals surface area contributed by atoms with Gasteiger partial charge in [-0.25, -0.2) is 4.98 Å². The van der Waals surface area contributed by atoms with Crippen LogP contribution in [0, 0.1) is 0 Å². The molecule has 0 aliphatic heterocycles. The van der Waals surface area contributed by atoms with Crippen molar-refractivity contribution in [3.05, 3.63) is 29.1 Å². The molecule has 5 heteroatoms. The number of aryl methyl sites for hydroxylation is 1. The summed E-state index contributed by atoms with van der Waals surface area (Å²) in [5, 5.41) is 0.629. The summed E-state index contributed by atoms with van der Waals surface area (Å²) in [5.41, 5.74) is 1.43. The molecular formula is C16H21ClN2O2. The molecule has 0 unspecified atom stereocenters. The zero-order chi connectivity index (χ0) is 15.6. The van der Waals surface area contributed by atoms with Crippen LogP contribution in [0.3, 0.4) is 0 Å². The van der Waals surface area contributed by atoms with E-state index in [9.17, 15) is 4.79 Å². The van der Waals surface area contributed by atoms with Gasteiger partial charge in [0.15, 0.2) is 11.5 Å². The van der Waals surface area contributed by atoms with Gasteiger partial charge < -0.3 is 9.32 Å². The van der Waals surface area contributed by atoms with Crippen LogP contribution in [-0.2, 0) is 11.2 Å². The number of amides is 1. The van der Waals surface area contributed by atoms with Gasteiger partial charge in [0, 0.05) is 29.9 Å². The van der Waals surface area contributed by atoms with E-state index in [-0.39, 0.29) is 18.0 Å². The zero-order valence-corrected chi connectivity index (χ0v) is 13.6. The molecule has 0 bridgehead atoms. The molecule has 2 rings (SSSR count). The first-order valence-corrected chi connectivity index (χ1v) is 7.62. The van der Waals surface area contributed by atoms with Crippen molar-refractivity contribution in [1.29, 1.82) is 0 Å². The summed E-state index contributed by atoms with van der Waals surface area (Å²) >= 11 is 5.92. The molecule has 0 saturated heterocycles. The lowest BCUT2D eigenvalue weighted by molar-refractivity contribution is -0.134. The van der Waals surface area contributed by atoms with Gasteiger partial charge in [-0.3, -0.25) is 4.79 Å². The second-order valence-electron chi connectivity index (χ2n) is 5.71. The normalized spacial score (nSPS) is 11.6. The average Bonchev–Trinajstić information content (AvgIpc) is 2.77. The molecule has 21 heavy (non-hydrogen) atoms. The van der Waals surface area contributed by atoms with E-state index in [1.165, 1.54) is 0 Å². The second kappa shape index (κ2) is 6.48. The lowest BCUT2D eigenvalue weighted by Gasteiger charge is -2.30. The highest BCUT2D eigenvalue weighted by atomic mass is 35.5. The molecule has 0 atom stereocenters. The summed E-state index contributed by atoms with van der Waals surface area (Å²) in [6.07, 6.45) is 0.901. The van der Waals surface area contributed by atoms with Crippen LogP contribution in [-0.4, -0.2) is 27.9 Å². The maximum absolute atomic E-state index is 12.3. The highest BCUT2D eigenvalue weighted by Gasteiger charge is 2.20. The molecule has 1 aromatic heterocycles. The van der Waals surface area contributed by atoms with E-state index in [0.717, 1.165) is 5.52 Å². The molecule has 0 spiro atoms. The van der Waals surface area contributed by atoms with Gasteiger partial charge in [0.2, 0.25) is 5.91 Å². The van der Waals surface area contributed by atoms with Gasteiger partial charge in [-0.05, 0) is 45.9 Å². The molecular weight excluding hydrogens is 288 g/mol. The van der Waals surface area contributed by atoms with Gasteiger partial charge in [-0.2, -0.15) is 0 Å². The van der Waals surface area contributed by atoms with Crippen LogP contribution in [0.25, 0.3) is 11.1 Å². The first-order valence-electron chi connectivity index (χ1n) is 7.24. The predicted molar refractivity (Wildman–Crippen MR) is 84.5 cm³/mol. The van der Waals surface area contributed by atoms with Gasteiger partial charge in [0.05, 0.1) is 0 Å². The maximum atomic E-state index is 12.3. The molecule has 114 valence electrons. The molecule has 0 saturated carbocycles. The first-order chi connectivity index (χ1) is 9.88. The minimum absolute atomic E-state index is 0.125. The lowest BCUT2D eigenvalue weighted by Crippen LogP contribution is -2.42. The number of halogens is 1. The number of benzene rings is 1. The van der Waals surface area contributed by atoms with E-state index >= 15 is 0 Å². The molecule has 1 aromatic carbocycles. The number of fused-ring (bicyclic) bond motifs is 1. The fourth-order valence-electron chi connectivity index (χ4n) is 2.57. The third-order valence-electron chi connectivity index (χ3n) is 3.35. The number of rotatable bonds is 5.